The molecule has 0 aromatic rings. The number of likely N-dealkylation sites (tertiary alicyclic amines) is 1. The minimum atomic E-state index is 0.0475. The zero-order valence-electron chi connectivity index (χ0n) is 14.6. The maximum Gasteiger partial charge on any atom is 0.222 e. The molecule has 1 amide bonds. The third kappa shape index (κ3) is 5.51. The lowest BCUT2D eigenvalue weighted by Crippen LogP contribution is -2.24. The van der Waals surface area contributed by atoms with Gasteiger partial charge in [0.05, 0.1) is 17.6 Å². The van der Waals surface area contributed by atoms with Crippen LogP contribution in [0.3, 0.4) is 0 Å². The van der Waals surface area contributed by atoms with Crippen LogP contribution in [0.25, 0.3) is 0 Å². The van der Waals surface area contributed by atoms with E-state index in [1.165, 1.54) is 0 Å². The number of carbonyl (C=O) groups is 2. The molecular formula is C18H27N3O2. The maximum absolute atomic E-state index is 11.2. The van der Waals surface area contributed by atoms with E-state index in [4.69, 9.17) is 0 Å². The fourth-order valence-corrected chi connectivity index (χ4v) is 2.37. The maximum atomic E-state index is 11.2. The monoisotopic (exact) mass is 317 g/mol. The summed E-state index contributed by atoms with van der Waals surface area (Å²) in [6, 6.07) is 0. The highest BCUT2D eigenvalue weighted by atomic mass is 16.2. The van der Waals surface area contributed by atoms with E-state index in [2.05, 4.69) is 18.5 Å². The second-order valence-electron chi connectivity index (χ2n) is 5.67. The first kappa shape index (κ1) is 18.9. The van der Waals surface area contributed by atoms with Gasteiger partial charge in [0.15, 0.2) is 5.78 Å². The van der Waals surface area contributed by atoms with E-state index in [1.54, 1.807) is 31.2 Å². The Morgan fingerprint density at radius 2 is 2.13 bits per heavy atom. The molecule has 2 rings (SSSR count). The summed E-state index contributed by atoms with van der Waals surface area (Å²) in [5.41, 5.74) is 2.38. The smallest absolute Gasteiger partial charge is 0.222 e. The summed E-state index contributed by atoms with van der Waals surface area (Å²) >= 11 is 0. The first-order valence-electron chi connectivity index (χ1n) is 8.03. The minimum Gasteiger partial charge on any atom is -0.343 e. The standard InChI is InChI=1S/C11H14N2O.C7H13NO/c1-5-13-7-8(2)12-6-11(13)9(3)10(4)14;1-2-5-8-6-3-4-7(8)9/h5-7H,1H2,2-4H3;2-6H2,1H3/b11-9+;. The fourth-order valence-electron chi connectivity index (χ4n) is 2.37. The van der Waals surface area contributed by atoms with Crippen molar-refractivity contribution >= 4 is 17.9 Å². The van der Waals surface area contributed by atoms with E-state index in [0.717, 1.165) is 43.7 Å². The number of carbonyl (C=O) groups excluding carboxylic acids is 2. The van der Waals surface area contributed by atoms with Gasteiger partial charge in [-0.1, -0.05) is 13.5 Å². The molecule has 5 heteroatoms. The third-order valence-electron chi connectivity index (χ3n) is 3.77. The normalized spacial score (nSPS) is 19.1. The molecule has 0 saturated carbocycles. The molecule has 2 heterocycles. The number of nitrogens with zero attached hydrogens (tertiary/aromatic N) is 3. The van der Waals surface area contributed by atoms with Crippen molar-refractivity contribution in [2.75, 3.05) is 13.1 Å². The molecule has 23 heavy (non-hydrogen) atoms. The summed E-state index contributed by atoms with van der Waals surface area (Å²) in [4.78, 5) is 30.0. The second kappa shape index (κ2) is 9.08. The quantitative estimate of drug-likeness (QED) is 0.748. The van der Waals surface area contributed by atoms with Crippen LogP contribution in [-0.4, -0.2) is 40.8 Å². The summed E-state index contributed by atoms with van der Waals surface area (Å²) in [5.74, 6) is 0.392. The van der Waals surface area contributed by atoms with Crippen molar-refractivity contribution in [2.45, 2.75) is 47.0 Å². The van der Waals surface area contributed by atoms with E-state index in [0.29, 0.717) is 11.5 Å². The summed E-state index contributed by atoms with van der Waals surface area (Å²) in [7, 11) is 0. The van der Waals surface area contributed by atoms with Crippen LogP contribution >= 0.6 is 0 Å². The van der Waals surface area contributed by atoms with E-state index in [-0.39, 0.29) is 5.78 Å². The fraction of sp³-hybridized carbons (Fsp3) is 0.500. The summed E-state index contributed by atoms with van der Waals surface area (Å²) in [6.07, 6.45) is 8.13. The largest absolute Gasteiger partial charge is 0.343 e. The van der Waals surface area contributed by atoms with Crippen molar-refractivity contribution in [3.05, 3.63) is 35.9 Å². The van der Waals surface area contributed by atoms with Crippen molar-refractivity contribution in [1.82, 2.24) is 9.80 Å². The highest BCUT2D eigenvalue weighted by Crippen LogP contribution is 2.17. The summed E-state index contributed by atoms with van der Waals surface area (Å²) in [5, 5.41) is 0. The van der Waals surface area contributed by atoms with Gasteiger partial charge in [-0.05, 0) is 33.6 Å². The number of hydrogen-bond acceptors (Lipinski definition) is 4. The number of rotatable bonds is 4. The molecule has 0 N–H and O–H groups in total. The van der Waals surface area contributed by atoms with Crippen LogP contribution in [0.5, 0.6) is 0 Å². The Morgan fingerprint density at radius 1 is 1.43 bits per heavy atom. The molecule has 0 aromatic carbocycles. The van der Waals surface area contributed by atoms with Crippen molar-refractivity contribution < 1.29 is 9.59 Å². The topological polar surface area (TPSA) is 53.0 Å². The molecule has 5 nitrogen and oxygen atoms in total. The number of allylic oxidation sites excluding steroid dienone is 3. The molecule has 126 valence electrons. The van der Waals surface area contributed by atoms with Gasteiger partial charge in [0.25, 0.3) is 0 Å². The Labute approximate surface area is 139 Å². The van der Waals surface area contributed by atoms with Crippen molar-refractivity contribution in [2.24, 2.45) is 4.99 Å². The Morgan fingerprint density at radius 3 is 2.61 bits per heavy atom. The lowest BCUT2D eigenvalue weighted by molar-refractivity contribution is -0.127. The van der Waals surface area contributed by atoms with Gasteiger partial charge in [-0.15, -0.1) is 0 Å². The SMILES string of the molecule is C=CN1C=C(C)N=C/C1=C(/C)C(C)=O.CCCN1CCCC1=O. The van der Waals surface area contributed by atoms with Gasteiger partial charge in [0.1, 0.15) is 0 Å². The van der Waals surface area contributed by atoms with Gasteiger partial charge in [0.2, 0.25) is 5.91 Å². The van der Waals surface area contributed by atoms with Crippen LogP contribution in [0.4, 0.5) is 0 Å². The summed E-state index contributed by atoms with van der Waals surface area (Å²) < 4.78 is 0. The van der Waals surface area contributed by atoms with Gasteiger partial charge in [-0.3, -0.25) is 14.6 Å². The molecule has 1 fully saturated rings. The number of Topliss-reactive ketones (excluding diaryl/α,β-unsaturated/α-hetero) is 1. The van der Waals surface area contributed by atoms with Gasteiger partial charge >= 0.3 is 0 Å². The van der Waals surface area contributed by atoms with Crippen molar-refractivity contribution in [3.63, 3.8) is 0 Å². The number of ketones is 1. The zero-order chi connectivity index (χ0) is 17.4. The van der Waals surface area contributed by atoms with Crippen LogP contribution < -0.4 is 0 Å². The van der Waals surface area contributed by atoms with Crippen LogP contribution in [0, 0.1) is 0 Å². The Kier molecular flexibility index (Phi) is 7.45. The third-order valence-corrected chi connectivity index (χ3v) is 3.77. The van der Waals surface area contributed by atoms with Crippen molar-refractivity contribution in [3.8, 4) is 0 Å². The van der Waals surface area contributed by atoms with Crippen LogP contribution in [0.15, 0.2) is 40.9 Å². The predicted molar refractivity (Wildman–Crippen MR) is 93.8 cm³/mol. The van der Waals surface area contributed by atoms with Gasteiger partial charge in [0, 0.05) is 37.5 Å². The molecule has 0 radical (unpaired) electrons. The Balaban J connectivity index is 0.000000253. The van der Waals surface area contributed by atoms with E-state index >= 15 is 0 Å². The van der Waals surface area contributed by atoms with Crippen molar-refractivity contribution in [1.29, 1.82) is 0 Å². The molecule has 0 bridgehead atoms. The predicted octanol–water partition coefficient (Wildman–Crippen LogP) is 3.26. The van der Waals surface area contributed by atoms with Crippen LogP contribution in [0.2, 0.25) is 0 Å². The molecule has 0 atom stereocenters. The first-order chi connectivity index (χ1) is 10.9. The lowest BCUT2D eigenvalue weighted by Gasteiger charge is -2.21. The molecular weight excluding hydrogens is 290 g/mol. The van der Waals surface area contributed by atoms with E-state index < -0.39 is 0 Å². The zero-order valence-corrected chi connectivity index (χ0v) is 14.6. The molecule has 0 spiro atoms. The molecule has 0 unspecified atom stereocenters. The van der Waals surface area contributed by atoms with Crippen LogP contribution in [-0.2, 0) is 9.59 Å². The molecule has 0 aliphatic carbocycles. The lowest BCUT2D eigenvalue weighted by atomic mass is 10.1. The van der Waals surface area contributed by atoms with E-state index in [9.17, 15) is 9.59 Å². The second-order valence-corrected chi connectivity index (χ2v) is 5.67. The van der Waals surface area contributed by atoms with Crippen LogP contribution in [0.1, 0.15) is 47.0 Å². The minimum absolute atomic E-state index is 0.0475. The van der Waals surface area contributed by atoms with E-state index in [1.807, 2.05) is 18.0 Å². The Hall–Kier alpha value is -2.17. The molecule has 0 aromatic heterocycles. The molecule has 1 saturated heterocycles. The first-order valence-corrected chi connectivity index (χ1v) is 8.03. The average Bonchev–Trinajstić information content (AvgIpc) is 2.92. The highest BCUT2D eigenvalue weighted by molar-refractivity contribution is 5.99. The van der Waals surface area contributed by atoms with Gasteiger partial charge in [-0.2, -0.15) is 0 Å². The van der Waals surface area contributed by atoms with Gasteiger partial charge in [-0.25, -0.2) is 0 Å². The number of aliphatic imine (C=N–C) groups is 1. The summed E-state index contributed by atoms with van der Waals surface area (Å²) in [6.45, 7) is 13.0. The Bertz CT molecular complexity index is 559. The van der Waals surface area contributed by atoms with Gasteiger partial charge < -0.3 is 9.80 Å². The molecule has 2 aliphatic rings. The highest BCUT2D eigenvalue weighted by Gasteiger charge is 2.18. The molecule has 2 aliphatic heterocycles. The average molecular weight is 317 g/mol. The number of amides is 1. The number of hydrogen-bond donors (Lipinski definition) is 0.